The minimum atomic E-state index is -0.108. The van der Waals surface area contributed by atoms with Crippen LogP contribution >= 0.6 is 0 Å². The first-order chi connectivity index (χ1) is 11.1. The lowest BCUT2D eigenvalue weighted by molar-refractivity contribution is -0.140. The third-order valence-corrected chi connectivity index (χ3v) is 4.14. The molecule has 0 heterocycles. The van der Waals surface area contributed by atoms with Crippen molar-refractivity contribution >= 4 is 11.8 Å². The van der Waals surface area contributed by atoms with E-state index in [0.29, 0.717) is 12.8 Å². The summed E-state index contributed by atoms with van der Waals surface area (Å²) >= 11 is 0. The molecule has 0 spiro atoms. The third-order valence-electron chi connectivity index (χ3n) is 4.14. The Labute approximate surface area is 140 Å². The maximum Gasteiger partial charge on any atom is 0.305 e. The molecule has 0 atom stereocenters. The third kappa shape index (κ3) is 9.17. The van der Waals surface area contributed by atoms with Crippen LogP contribution in [-0.2, 0) is 9.53 Å². The molecule has 0 unspecified atom stereocenters. The molecular weight excluding hydrogens is 288 g/mol. The van der Waals surface area contributed by atoms with Crippen LogP contribution in [0.25, 0.3) is 0 Å². The van der Waals surface area contributed by atoms with E-state index in [1.807, 2.05) is 31.2 Å². The molecular formula is C20H30O3. The van der Waals surface area contributed by atoms with Gasteiger partial charge in [-0.05, 0) is 19.8 Å². The molecule has 0 radical (unpaired) electrons. The first kappa shape index (κ1) is 19.4. The van der Waals surface area contributed by atoms with Crippen molar-refractivity contribution in [3.05, 3.63) is 35.4 Å². The van der Waals surface area contributed by atoms with Crippen LogP contribution in [-0.4, -0.2) is 18.9 Å². The molecule has 3 nitrogen and oxygen atoms in total. The van der Waals surface area contributed by atoms with Gasteiger partial charge in [-0.1, -0.05) is 68.4 Å². The quantitative estimate of drug-likeness (QED) is 0.300. The molecule has 0 saturated heterocycles. The van der Waals surface area contributed by atoms with Gasteiger partial charge < -0.3 is 4.74 Å². The number of rotatable bonds is 12. The first-order valence-electron chi connectivity index (χ1n) is 8.80. The molecule has 23 heavy (non-hydrogen) atoms. The van der Waals surface area contributed by atoms with Crippen molar-refractivity contribution in [2.75, 3.05) is 7.11 Å². The van der Waals surface area contributed by atoms with Gasteiger partial charge in [0.2, 0.25) is 0 Å². The van der Waals surface area contributed by atoms with Gasteiger partial charge in [0.25, 0.3) is 0 Å². The number of hydrogen-bond donors (Lipinski definition) is 0. The Hall–Kier alpha value is -1.64. The van der Waals surface area contributed by atoms with Crippen molar-refractivity contribution < 1.29 is 14.3 Å². The Morgan fingerprint density at radius 3 is 1.78 bits per heavy atom. The van der Waals surface area contributed by atoms with Crippen molar-refractivity contribution in [2.45, 2.75) is 71.1 Å². The minimum absolute atomic E-state index is 0.108. The number of hydrogen-bond acceptors (Lipinski definition) is 3. The molecule has 0 aliphatic rings. The zero-order chi connectivity index (χ0) is 16.9. The molecule has 0 aliphatic heterocycles. The summed E-state index contributed by atoms with van der Waals surface area (Å²) < 4.78 is 4.61. The number of Topliss-reactive ketones (excluding diaryl/α,β-unsaturated/α-hetero) is 1. The Kier molecular flexibility index (Phi) is 10.0. The van der Waals surface area contributed by atoms with Gasteiger partial charge in [0.05, 0.1) is 7.11 Å². The van der Waals surface area contributed by atoms with Crippen LogP contribution in [0.5, 0.6) is 0 Å². The van der Waals surface area contributed by atoms with Crippen molar-refractivity contribution in [1.29, 1.82) is 0 Å². The smallest absolute Gasteiger partial charge is 0.305 e. The van der Waals surface area contributed by atoms with Crippen molar-refractivity contribution in [1.82, 2.24) is 0 Å². The minimum Gasteiger partial charge on any atom is -0.469 e. The highest BCUT2D eigenvalue weighted by molar-refractivity contribution is 5.96. The summed E-state index contributed by atoms with van der Waals surface area (Å²) in [5, 5.41) is 0. The number of methoxy groups -OCH3 is 1. The lowest BCUT2D eigenvalue weighted by atomic mass is 10.0. The van der Waals surface area contributed by atoms with Crippen LogP contribution in [0, 0.1) is 6.92 Å². The maximum absolute atomic E-state index is 12.0. The highest BCUT2D eigenvalue weighted by Crippen LogP contribution is 2.13. The fourth-order valence-electron chi connectivity index (χ4n) is 2.60. The maximum atomic E-state index is 12.0. The number of unbranched alkanes of at least 4 members (excludes halogenated alkanes) is 7. The number of aryl methyl sites for hydroxylation is 1. The largest absolute Gasteiger partial charge is 0.469 e. The van der Waals surface area contributed by atoms with E-state index in [1.54, 1.807) is 0 Å². The van der Waals surface area contributed by atoms with E-state index in [2.05, 4.69) is 4.74 Å². The molecule has 0 bridgehead atoms. The highest BCUT2D eigenvalue weighted by Gasteiger charge is 2.04. The monoisotopic (exact) mass is 318 g/mol. The molecule has 1 rings (SSSR count). The molecule has 0 N–H and O–H groups in total. The fraction of sp³-hybridized carbons (Fsp3) is 0.600. The Balaban J connectivity index is 1.94. The summed E-state index contributed by atoms with van der Waals surface area (Å²) in [5.41, 5.74) is 2.02. The Bertz CT molecular complexity index is 462. The summed E-state index contributed by atoms with van der Waals surface area (Å²) in [6, 6.07) is 7.83. The Morgan fingerprint density at radius 1 is 0.783 bits per heavy atom. The topological polar surface area (TPSA) is 43.4 Å². The average molecular weight is 318 g/mol. The van der Waals surface area contributed by atoms with E-state index >= 15 is 0 Å². The fourth-order valence-corrected chi connectivity index (χ4v) is 2.60. The van der Waals surface area contributed by atoms with Gasteiger partial charge in [0, 0.05) is 18.4 Å². The van der Waals surface area contributed by atoms with Gasteiger partial charge in [-0.2, -0.15) is 0 Å². The molecule has 0 aliphatic carbocycles. The van der Waals surface area contributed by atoms with E-state index in [4.69, 9.17) is 0 Å². The lowest BCUT2D eigenvalue weighted by Gasteiger charge is -2.03. The standard InChI is InChI=1S/C20H30O3/c1-17-13-15-18(16-14-17)19(21)11-9-7-5-3-4-6-8-10-12-20(22)23-2/h13-16H,3-12H2,1-2H3. The number of ketones is 1. The van der Waals surface area contributed by atoms with E-state index in [-0.39, 0.29) is 11.8 Å². The summed E-state index contributed by atoms with van der Waals surface area (Å²) in [7, 11) is 1.44. The van der Waals surface area contributed by atoms with Crippen molar-refractivity contribution in [2.24, 2.45) is 0 Å². The predicted molar refractivity (Wildman–Crippen MR) is 93.7 cm³/mol. The van der Waals surface area contributed by atoms with Crippen molar-refractivity contribution in [3.63, 3.8) is 0 Å². The SMILES string of the molecule is COC(=O)CCCCCCCCCCC(=O)c1ccc(C)cc1. The lowest BCUT2D eigenvalue weighted by Crippen LogP contribution is -1.99. The predicted octanol–water partition coefficient (Wildman–Crippen LogP) is 5.25. The van der Waals surface area contributed by atoms with Gasteiger partial charge in [-0.25, -0.2) is 0 Å². The summed E-state index contributed by atoms with van der Waals surface area (Å²) in [5.74, 6) is 0.149. The zero-order valence-electron chi connectivity index (χ0n) is 14.6. The van der Waals surface area contributed by atoms with E-state index in [9.17, 15) is 9.59 Å². The summed E-state index contributed by atoms with van der Waals surface area (Å²) in [6.45, 7) is 2.03. The number of ether oxygens (including phenoxy) is 1. The molecule has 0 saturated carbocycles. The van der Waals surface area contributed by atoms with Crippen LogP contribution in [0.15, 0.2) is 24.3 Å². The molecule has 1 aromatic rings. The van der Waals surface area contributed by atoms with Crippen LogP contribution in [0.2, 0.25) is 0 Å². The Morgan fingerprint density at radius 2 is 1.26 bits per heavy atom. The number of carbonyl (C=O) groups excluding carboxylic acids is 2. The molecule has 3 heteroatoms. The van der Waals surface area contributed by atoms with E-state index < -0.39 is 0 Å². The number of benzene rings is 1. The average Bonchev–Trinajstić information content (AvgIpc) is 2.56. The first-order valence-corrected chi connectivity index (χ1v) is 8.80. The number of esters is 1. The van der Waals surface area contributed by atoms with Gasteiger partial charge in [0.1, 0.15) is 0 Å². The molecule has 0 aromatic heterocycles. The van der Waals surface area contributed by atoms with Gasteiger partial charge >= 0.3 is 5.97 Å². The number of carbonyl (C=O) groups is 2. The van der Waals surface area contributed by atoms with Crippen LogP contribution < -0.4 is 0 Å². The van der Waals surface area contributed by atoms with Crippen LogP contribution in [0.1, 0.15) is 80.1 Å². The van der Waals surface area contributed by atoms with Crippen molar-refractivity contribution in [3.8, 4) is 0 Å². The highest BCUT2D eigenvalue weighted by atomic mass is 16.5. The molecule has 0 amide bonds. The second-order valence-corrected chi connectivity index (χ2v) is 6.19. The van der Waals surface area contributed by atoms with Gasteiger partial charge in [-0.3, -0.25) is 9.59 Å². The summed E-state index contributed by atoms with van der Waals surface area (Å²) in [6.07, 6.45) is 10.1. The zero-order valence-corrected chi connectivity index (χ0v) is 14.6. The van der Waals surface area contributed by atoms with Crippen LogP contribution in [0.3, 0.4) is 0 Å². The molecule has 1 aromatic carbocycles. The van der Waals surface area contributed by atoms with E-state index in [1.165, 1.54) is 38.4 Å². The molecule has 0 fully saturated rings. The van der Waals surface area contributed by atoms with Crippen LogP contribution in [0.4, 0.5) is 0 Å². The second kappa shape index (κ2) is 11.9. The summed E-state index contributed by atoms with van der Waals surface area (Å²) in [4.78, 5) is 22.9. The second-order valence-electron chi connectivity index (χ2n) is 6.19. The van der Waals surface area contributed by atoms with E-state index in [0.717, 1.165) is 31.2 Å². The van der Waals surface area contributed by atoms with Gasteiger partial charge in [0.15, 0.2) is 5.78 Å². The van der Waals surface area contributed by atoms with Gasteiger partial charge in [-0.15, -0.1) is 0 Å². The molecule has 128 valence electrons. The normalized spacial score (nSPS) is 10.5.